The van der Waals surface area contributed by atoms with Crippen molar-refractivity contribution in [2.75, 3.05) is 31.8 Å². The number of halogens is 1. The van der Waals surface area contributed by atoms with Gasteiger partial charge in [0.2, 0.25) is 11.8 Å². The molecule has 0 bridgehead atoms. The summed E-state index contributed by atoms with van der Waals surface area (Å²) in [5, 5.41) is 11.6. The van der Waals surface area contributed by atoms with Crippen LogP contribution >= 0.6 is 11.8 Å². The fourth-order valence-electron chi connectivity index (χ4n) is 2.73. The Morgan fingerprint density at radius 2 is 1.94 bits per heavy atom. The number of carbonyl (C=O) groups is 2. The van der Waals surface area contributed by atoms with Crippen LogP contribution in [0.3, 0.4) is 0 Å². The number of rotatable bonds is 8. The van der Waals surface area contributed by atoms with Gasteiger partial charge < -0.3 is 19.5 Å². The zero-order valence-electron chi connectivity index (χ0n) is 17.3. The van der Waals surface area contributed by atoms with Crippen molar-refractivity contribution in [3.63, 3.8) is 0 Å². The largest absolute Gasteiger partial charge is 0.497 e. The normalized spacial score (nSPS) is 10.6. The molecule has 1 N–H and O–H groups in total. The number of ether oxygens (including phenoxy) is 1. The van der Waals surface area contributed by atoms with Gasteiger partial charge in [0.25, 0.3) is 0 Å². The maximum absolute atomic E-state index is 12.9. The molecular formula is C21H22FN5O3S. The SMILES string of the molecule is COc1cccc(-c2nnc(SCC(=O)N(C)CC(=O)Nc3ccc(F)cc3)n2C)c1. The molecule has 1 aromatic heterocycles. The van der Waals surface area contributed by atoms with Gasteiger partial charge in [0.05, 0.1) is 19.4 Å². The Morgan fingerprint density at radius 3 is 2.65 bits per heavy atom. The second-order valence-electron chi connectivity index (χ2n) is 6.69. The Bertz CT molecular complexity index is 1070. The lowest BCUT2D eigenvalue weighted by Crippen LogP contribution is -2.36. The maximum Gasteiger partial charge on any atom is 0.243 e. The zero-order chi connectivity index (χ0) is 22.4. The lowest BCUT2D eigenvalue weighted by molar-refractivity contribution is -0.131. The standard InChI is InChI=1S/C21H22FN5O3S/c1-26(12-18(28)23-16-9-7-15(22)8-10-16)19(29)13-31-21-25-24-20(27(21)2)14-5-4-6-17(11-14)30-3/h4-11H,12-13H2,1-3H3,(H,23,28). The van der Waals surface area contributed by atoms with E-state index in [1.165, 1.54) is 40.9 Å². The summed E-state index contributed by atoms with van der Waals surface area (Å²) in [6, 6.07) is 12.9. The lowest BCUT2D eigenvalue weighted by Gasteiger charge is -2.16. The summed E-state index contributed by atoms with van der Waals surface area (Å²) in [6.45, 7) is -0.120. The minimum Gasteiger partial charge on any atom is -0.497 e. The Morgan fingerprint density at radius 1 is 1.19 bits per heavy atom. The molecule has 2 amide bonds. The van der Waals surface area contributed by atoms with E-state index in [9.17, 15) is 14.0 Å². The highest BCUT2D eigenvalue weighted by atomic mass is 32.2. The smallest absolute Gasteiger partial charge is 0.243 e. The van der Waals surface area contributed by atoms with Gasteiger partial charge in [0.1, 0.15) is 11.6 Å². The molecule has 10 heteroatoms. The minimum atomic E-state index is -0.388. The Balaban J connectivity index is 1.54. The summed E-state index contributed by atoms with van der Waals surface area (Å²) in [5.41, 5.74) is 1.31. The summed E-state index contributed by atoms with van der Waals surface area (Å²) < 4.78 is 20.0. The number of nitrogens with one attached hydrogen (secondary N) is 1. The van der Waals surface area contributed by atoms with Gasteiger partial charge in [0, 0.05) is 25.3 Å². The predicted octanol–water partition coefficient (Wildman–Crippen LogP) is 2.82. The van der Waals surface area contributed by atoms with Crippen LogP contribution in [0.5, 0.6) is 5.75 Å². The first-order chi connectivity index (χ1) is 14.9. The van der Waals surface area contributed by atoms with Crippen molar-refractivity contribution in [1.29, 1.82) is 0 Å². The van der Waals surface area contributed by atoms with Crippen molar-refractivity contribution >= 4 is 29.3 Å². The fourth-order valence-corrected chi connectivity index (χ4v) is 3.58. The molecule has 2 aromatic carbocycles. The quantitative estimate of drug-likeness (QED) is 0.539. The zero-order valence-corrected chi connectivity index (χ0v) is 18.1. The van der Waals surface area contributed by atoms with E-state index in [4.69, 9.17) is 4.74 Å². The van der Waals surface area contributed by atoms with Crippen LogP contribution in [0.15, 0.2) is 53.7 Å². The van der Waals surface area contributed by atoms with Crippen molar-refractivity contribution < 1.29 is 18.7 Å². The monoisotopic (exact) mass is 443 g/mol. The maximum atomic E-state index is 12.9. The van der Waals surface area contributed by atoms with Gasteiger partial charge in [-0.05, 0) is 36.4 Å². The Kier molecular flexibility index (Phi) is 7.24. The summed E-state index contributed by atoms with van der Waals surface area (Å²) >= 11 is 1.24. The van der Waals surface area contributed by atoms with Gasteiger partial charge >= 0.3 is 0 Å². The third-order valence-corrected chi connectivity index (χ3v) is 5.43. The van der Waals surface area contributed by atoms with Crippen LogP contribution in [0.4, 0.5) is 10.1 Å². The molecule has 0 aliphatic carbocycles. The van der Waals surface area contributed by atoms with Crippen LogP contribution in [0.25, 0.3) is 11.4 Å². The van der Waals surface area contributed by atoms with Crippen LogP contribution in [0.2, 0.25) is 0 Å². The molecule has 1 heterocycles. The van der Waals surface area contributed by atoms with Crippen molar-refractivity contribution in [3.8, 4) is 17.1 Å². The second kappa shape index (κ2) is 10.1. The molecule has 0 radical (unpaired) electrons. The molecule has 3 rings (SSSR count). The first-order valence-electron chi connectivity index (χ1n) is 9.33. The molecule has 0 unspecified atom stereocenters. The first-order valence-corrected chi connectivity index (χ1v) is 10.3. The van der Waals surface area contributed by atoms with Crippen molar-refractivity contribution in [1.82, 2.24) is 19.7 Å². The van der Waals surface area contributed by atoms with Crippen molar-refractivity contribution in [2.45, 2.75) is 5.16 Å². The first kappa shape index (κ1) is 22.3. The van der Waals surface area contributed by atoms with E-state index in [1.807, 2.05) is 31.3 Å². The molecule has 0 saturated carbocycles. The van der Waals surface area contributed by atoms with Gasteiger partial charge in [-0.25, -0.2) is 4.39 Å². The van der Waals surface area contributed by atoms with E-state index in [1.54, 1.807) is 18.7 Å². The number of hydrogen-bond acceptors (Lipinski definition) is 6. The average Bonchev–Trinajstić information content (AvgIpc) is 3.13. The summed E-state index contributed by atoms with van der Waals surface area (Å²) in [5.74, 6) is 0.480. The number of nitrogens with zero attached hydrogens (tertiary/aromatic N) is 4. The molecule has 0 atom stereocenters. The number of thioether (sulfide) groups is 1. The molecule has 162 valence electrons. The van der Waals surface area contributed by atoms with Crippen molar-refractivity contribution in [3.05, 3.63) is 54.3 Å². The van der Waals surface area contributed by atoms with Crippen LogP contribution in [-0.4, -0.2) is 57.9 Å². The van der Waals surface area contributed by atoms with Crippen LogP contribution in [0.1, 0.15) is 0 Å². The number of likely N-dealkylation sites (N-methyl/N-ethyl adjacent to an activating group) is 1. The van der Waals surface area contributed by atoms with Crippen molar-refractivity contribution in [2.24, 2.45) is 7.05 Å². The van der Waals surface area contributed by atoms with E-state index in [0.29, 0.717) is 22.4 Å². The number of aromatic nitrogens is 3. The third-order valence-electron chi connectivity index (χ3n) is 4.42. The van der Waals surface area contributed by atoms with E-state index >= 15 is 0 Å². The van der Waals surface area contributed by atoms with E-state index in [0.717, 1.165) is 5.56 Å². The Labute approximate surface area is 183 Å². The predicted molar refractivity (Wildman–Crippen MR) is 116 cm³/mol. The highest BCUT2D eigenvalue weighted by Crippen LogP contribution is 2.25. The van der Waals surface area contributed by atoms with Crippen LogP contribution in [-0.2, 0) is 16.6 Å². The molecule has 0 aliphatic rings. The third kappa shape index (κ3) is 5.82. The summed E-state index contributed by atoms with van der Waals surface area (Å²) in [4.78, 5) is 25.9. The van der Waals surface area contributed by atoms with E-state index in [2.05, 4.69) is 15.5 Å². The topological polar surface area (TPSA) is 89.4 Å². The molecule has 3 aromatic rings. The number of hydrogen-bond donors (Lipinski definition) is 1. The summed E-state index contributed by atoms with van der Waals surface area (Å²) in [7, 11) is 4.96. The molecule has 31 heavy (non-hydrogen) atoms. The fraction of sp³-hybridized carbons (Fsp3) is 0.238. The molecule has 0 aliphatic heterocycles. The Hall–Kier alpha value is -3.40. The number of carbonyl (C=O) groups excluding carboxylic acids is 2. The molecule has 8 nitrogen and oxygen atoms in total. The number of benzene rings is 2. The van der Waals surface area contributed by atoms with E-state index in [-0.39, 0.29) is 29.9 Å². The number of amides is 2. The number of methoxy groups -OCH3 is 1. The minimum absolute atomic E-state index is 0.102. The highest BCUT2D eigenvalue weighted by Gasteiger charge is 2.17. The highest BCUT2D eigenvalue weighted by molar-refractivity contribution is 7.99. The van der Waals surface area contributed by atoms with Gasteiger partial charge in [-0.1, -0.05) is 23.9 Å². The second-order valence-corrected chi connectivity index (χ2v) is 7.63. The van der Waals surface area contributed by atoms with Gasteiger partial charge in [-0.15, -0.1) is 10.2 Å². The number of anilines is 1. The van der Waals surface area contributed by atoms with Gasteiger partial charge in [-0.3, -0.25) is 9.59 Å². The molecule has 0 spiro atoms. The average molecular weight is 444 g/mol. The summed E-state index contributed by atoms with van der Waals surface area (Å²) in [6.07, 6.45) is 0. The lowest BCUT2D eigenvalue weighted by atomic mass is 10.2. The van der Waals surface area contributed by atoms with Crippen LogP contribution < -0.4 is 10.1 Å². The van der Waals surface area contributed by atoms with E-state index < -0.39 is 0 Å². The molecule has 0 saturated heterocycles. The van der Waals surface area contributed by atoms with Gasteiger partial charge in [-0.2, -0.15) is 0 Å². The van der Waals surface area contributed by atoms with Gasteiger partial charge in [0.15, 0.2) is 11.0 Å². The van der Waals surface area contributed by atoms with Crippen LogP contribution in [0, 0.1) is 5.82 Å². The molecule has 0 fully saturated rings. The molecular weight excluding hydrogens is 421 g/mol.